The normalized spacial score (nSPS) is 11.0. The van der Waals surface area contributed by atoms with E-state index in [9.17, 15) is 13.2 Å². The van der Waals surface area contributed by atoms with Crippen LogP contribution in [0.15, 0.2) is 77.7 Å². The van der Waals surface area contributed by atoms with Crippen molar-refractivity contribution in [2.24, 2.45) is 0 Å². The first kappa shape index (κ1) is 20.7. The molecule has 0 aliphatic carbocycles. The molecule has 6 nitrogen and oxygen atoms in total. The molecule has 0 spiro atoms. The van der Waals surface area contributed by atoms with Gasteiger partial charge in [0.25, 0.3) is 15.9 Å². The molecule has 0 saturated carbocycles. The number of para-hydroxylation sites is 1. The van der Waals surface area contributed by atoms with Gasteiger partial charge in [0.2, 0.25) is 0 Å². The average Bonchev–Trinajstić information content (AvgIpc) is 2.71. The SMILES string of the molecule is CCOc1ccc(S(=O)(=O)Nc2ccccc2Cl)cc1NC(=O)c1ccccc1. The van der Waals surface area contributed by atoms with Gasteiger partial charge < -0.3 is 10.1 Å². The van der Waals surface area contributed by atoms with E-state index in [-0.39, 0.29) is 27.2 Å². The molecule has 0 unspecified atom stereocenters. The zero-order chi connectivity index (χ0) is 20.9. The van der Waals surface area contributed by atoms with Gasteiger partial charge in [-0.2, -0.15) is 0 Å². The van der Waals surface area contributed by atoms with Crippen LogP contribution in [0.3, 0.4) is 0 Å². The Hall–Kier alpha value is -3.03. The van der Waals surface area contributed by atoms with E-state index < -0.39 is 10.0 Å². The second kappa shape index (κ2) is 8.98. The van der Waals surface area contributed by atoms with Gasteiger partial charge in [-0.3, -0.25) is 9.52 Å². The van der Waals surface area contributed by atoms with Crippen LogP contribution in [-0.4, -0.2) is 20.9 Å². The molecular formula is C21H19ClN2O4S. The van der Waals surface area contributed by atoms with Gasteiger partial charge >= 0.3 is 0 Å². The van der Waals surface area contributed by atoms with Crippen LogP contribution in [-0.2, 0) is 10.0 Å². The number of amides is 1. The third kappa shape index (κ3) is 5.07. The predicted molar refractivity (Wildman–Crippen MR) is 114 cm³/mol. The molecule has 0 bridgehead atoms. The number of halogens is 1. The van der Waals surface area contributed by atoms with Gasteiger partial charge in [-0.1, -0.05) is 41.9 Å². The molecule has 0 atom stereocenters. The van der Waals surface area contributed by atoms with E-state index in [2.05, 4.69) is 10.0 Å². The lowest BCUT2D eigenvalue weighted by Crippen LogP contribution is -2.16. The molecule has 0 fully saturated rings. The first-order valence-electron chi connectivity index (χ1n) is 8.81. The van der Waals surface area contributed by atoms with E-state index in [4.69, 9.17) is 16.3 Å². The number of sulfonamides is 1. The maximum atomic E-state index is 12.8. The van der Waals surface area contributed by atoms with Crippen LogP contribution in [0.4, 0.5) is 11.4 Å². The largest absolute Gasteiger partial charge is 0.492 e. The quantitative estimate of drug-likeness (QED) is 0.564. The number of ether oxygens (including phenoxy) is 1. The van der Waals surface area contributed by atoms with Crippen molar-refractivity contribution < 1.29 is 17.9 Å². The molecule has 0 aromatic heterocycles. The summed E-state index contributed by atoms with van der Waals surface area (Å²) in [5.74, 6) is -0.00589. The van der Waals surface area contributed by atoms with Gasteiger partial charge in [-0.15, -0.1) is 0 Å². The van der Waals surface area contributed by atoms with Crippen LogP contribution in [0.1, 0.15) is 17.3 Å². The Bertz CT molecular complexity index is 1120. The molecule has 1 amide bonds. The third-order valence-electron chi connectivity index (χ3n) is 3.96. The van der Waals surface area contributed by atoms with Crippen molar-refractivity contribution in [2.75, 3.05) is 16.6 Å². The van der Waals surface area contributed by atoms with Crippen molar-refractivity contribution in [3.63, 3.8) is 0 Å². The van der Waals surface area contributed by atoms with Gasteiger partial charge in [0.15, 0.2) is 0 Å². The van der Waals surface area contributed by atoms with Crippen LogP contribution in [0.2, 0.25) is 5.02 Å². The summed E-state index contributed by atoms with van der Waals surface area (Å²) in [6.45, 7) is 2.16. The molecule has 3 rings (SSSR count). The van der Waals surface area contributed by atoms with Crippen molar-refractivity contribution in [2.45, 2.75) is 11.8 Å². The summed E-state index contributed by atoms with van der Waals surface area (Å²) >= 11 is 6.05. The van der Waals surface area contributed by atoms with Crippen LogP contribution in [0, 0.1) is 0 Å². The molecule has 8 heteroatoms. The number of nitrogens with one attached hydrogen (secondary N) is 2. The van der Waals surface area contributed by atoms with Gasteiger partial charge in [-0.25, -0.2) is 8.42 Å². The highest BCUT2D eigenvalue weighted by molar-refractivity contribution is 7.92. The Morgan fingerprint density at radius 1 is 0.966 bits per heavy atom. The lowest BCUT2D eigenvalue weighted by Gasteiger charge is -2.15. The standard InChI is InChI=1S/C21H19ClN2O4S/c1-2-28-20-13-12-16(29(26,27)24-18-11-7-6-10-17(18)22)14-19(20)23-21(25)15-8-4-3-5-9-15/h3-14,24H,2H2,1H3,(H,23,25). The number of anilines is 2. The van der Waals surface area contributed by atoms with Crippen LogP contribution >= 0.6 is 11.6 Å². The highest BCUT2D eigenvalue weighted by Crippen LogP contribution is 2.30. The van der Waals surface area contributed by atoms with E-state index in [1.807, 2.05) is 0 Å². The minimum absolute atomic E-state index is 0.0377. The maximum Gasteiger partial charge on any atom is 0.262 e. The zero-order valence-electron chi connectivity index (χ0n) is 15.6. The number of hydrogen-bond donors (Lipinski definition) is 2. The lowest BCUT2D eigenvalue weighted by molar-refractivity contribution is 0.102. The van der Waals surface area contributed by atoms with Gasteiger partial charge in [0.05, 0.1) is 27.9 Å². The highest BCUT2D eigenvalue weighted by atomic mass is 35.5. The lowest BCUT2D eigenvalue weighted by atomic mass is 10.2. The summed E-state index contributed by atoms with van der Waals surface area (Å²) in [5.41, 5.74) is 0.957. The van der Waals surface area contributed by atoms with Crippen LogP contribution in [0.5, 0.6) is 5.75 Å². The molecular weight excluding hydrogens is 412 g/mol. The molecule has 0 aliphatic rings. The van der Waals surface area contributed by atoms with E-state index >= 15 is 0 Å². The number of rotatable bonds is 7. The number of carbonyl (C=O) groups excluding carboxylic acids is 1. The first-order valence-corrected chi connectivity index (χ1v) is 10.7. The smallest absolute Gasteiger partial charge is 0.262 e. The predicted octanol–water partition coefficient (Wildman–Crippen LogP) is 4.79. The zero-order valence-corrected chi connectivity index (χ0v) is 17.1. The third-order valence-corrected chi connectivity index (χ3v) is 5.66. The Kier molecular flexibility index (Phi) is 6.41. The summed E-state index contributed by atoms with van der Waals surface area (Å²) in [5, 5.41) is 2.99. The number of hydrogen-bond acceptors (Lipinski definition) is 4. The van der Waals surface area contributed by atoms with Gasteiger partial charge in [0, 0.05) is 5.56 Å². The number of carbonyl (C=O) groups is 1. The van der Waals surface area contributed by atoms with Crippen molar-refractivity contribution in [3.05, 3.63) is 83.4 Å². The van der Waals surface area contributed by atoms with Crippen LogP contribution in [0.25, 0.3) is 0 Å². The van der Waals surface area contributed by atoms with E-state index in [1.165, 1.54) is 18.2 Å². The second-order valence-electron chi connectivity index (χ2n) is 6.00. The maximum absolute atomic E-state index is 12.8. The molecule has 2 N–H and O–H groups in total. The summed E-state index contributed by atoms with van der Waals surface area (Å²) in [6, 6.07) is 19.4. The molecule has 0 heterocycles. The van der Waals surface area contributed by atoms with E-state index in [0.29, 0.717) is 17.9 Å². The summed E-state index contributed by atoms with van der Waals surface area (Å²) in [6.07, 6.45) is 0. The van der Waals surface area contributed by atoms with Crippen molar-refractivity contribution >= 4 is 38.9 Å². The molecule has 0 saturated heterocycles. The summed E-state index contributed by atoms with van der Waals surface area (Å²) in [4.78, 5) is 12.5. The van der Waals surface area contributed by atoms with Gasteiger partial charge in [-0.05, 0) is 49.4 Å². The minimum Gasteiger partial charge on any atom is -0.492 e. The average molecular weight is 431 g/mol. The molecule has 29 heavy (non-hydrogen) atoms. The highest BCUT2D eigenvalue weighted by Gasteiger charge is 2.19. The minimum atomic E-state index is -3.93. The number of benzene rings is 3. The van der Waals surface area contributed by atoms with Crippen molar-refractivity contribution in [1.82, 2.24) is 0 Å². The fourth-order valence-corrected chi connectivity index (χ4v) is 3.93. The van der Waals surface area contributed by atoms with E-state index in [0.717, 1.165) is 0 Å². The Balaban J connectivity index is 1.93. The molecule has 0 aliphatic heterocycles. The molecule has 3 aromatic carbocycles. The monoisotopic (exact) mass is 430 g/mol. The Labute approximate surface area is 174 Å². The van der Waals surface area contributed by atoms with E-state index in [1.54, 1.807) is 61.5 Å². The first-order chi connectivity index (χ1) is 13.9. The summed E-state index contributed by atoms with van der Waals surface area (Å²) in [7, 11) is -3.93. The Morgan fingerprint density at radius 3 is 2.34 bits per heavy atom. The molecule has 3 aromatic rings. The fourth-order valence-electron chi connectivity index (χ4n) is 2.59. The van der Waals surface area contributed by atoms with Crippen LogP contribution < -0.4 is 14.8 Å². The topological polar surface area (TPSA) is 84.5 Å². The summed E-state index contributed by atoms with van der Waals surface area (Å²) < 4.78 is 33.6. The fraction of sp³-hybridized carbons (Fsp3) is 0.0952. The molecule has 150 valence electrons. The van der Waals surface area contributed by atoms with Crippen molar-refractivity contribution in [1.29, 1.82) is 0 Å². The Morgan fingerprint density at radius 2 is 1.66 bits per heavy atom. The molecule has 0 radical (unpaired) electrons. The van der Waals surface area contributed by atoms with Gasteiger partial charge in [0.1, 0.15) is 5.75 Å². The van der Waals surface area contributed by atoms with Crippen molar-refractivity contribution in [3.8, 4) is 5.75 Å². The second-order valence-corrected chi connectivity index (χ2v) is 8.09.